The van der Waals surface area contributed by atoms with E-state index < -0.39 is 82.7 Å². The molecule has 66 heavy (non-hydrogen) atoms. The van der Waals surface area contributed by atoms with E-state index in [2.05, 4.69) is 48.5 Å². The highest BCUT2D eigenvalue weighted by atomic mass is 16.6. The molecule has 0 aliphatic rings. The number of amides is 8. The van der Waals surface area contributed by atoms with Gasteiger partial charge in [-0.3, -0.25) is 9.59 Å². The maximum Gasteiger partial charge on any atom is 0.408 e. The van der Waals surface area contributed by atoms with Crippen molar-refractivity contribution in [1.29, 1.82) is 0 Å². The van der Waals surface area contributed by atoms with Crippen molar-refractivity contribution in [2.75, 3.05) is 31.5 Å². The van der Waals surface area contributed by atoms with Gasteiger partial charge in [0.05, 0.1) is 0 Å². The Morgan fingerprint density at radius 3 is 1.32 bits per heavy atom. The summed E-state index contributed by atoms with van der Waals surface area (Å²) in [7, 11) is 0. The lowest BCUT2D eigenvalue weighted by molar-refractivity contribution is -0.124. The third-order valence-electron chi connectivity index (χ3n) is 8.63. The first-order valence-electron chi connectivity index (χ1n) is 22.7. The van der Waals surface area contributed by atoms with Gasteiger partial charge in [0.1, 0.15) is 34.5 Å². The molecule has 0 saturated carbocycles. The van der Waals surface area contributed by atoms with Crippen molar-refractivity contribution >= 4 is 47.9 Å². The van der Waals surface area contributed by atoms with Crippen LogP contribution in [0.3, 0.4) is 0 Å². The Morgan fingerprint density at radius 2 is 0.894 bits per heavy atom. The van der Waals surface area contributed by atoms with Crippen LogP contribution in [-0.2, 0) is 28.5 Å². The highest BCUT2D eigenvalue weighted by molar-refractivity contribution is 5.89. The maximum absolute atomic E-state index is 13.9. The molecule has 0 fully saturated rings. The van der Waals surface area contributed by atoms with Crippen LogP contribution in [0.2, 0.25) is 0 Å². The van der Waals surface area contributed by atoms with Crippen LogP contribution in [0.4, 0.5) is 29.7 Å². The Balaban J connectivity index is 3.05. The molecule has 8 amide bonds. The van der Waals surface area contributed by atoms with Gasteiger partial charge in [-0.2, -0.15) is 0 Å². The van der Waals surface area contributed by atoms with Gasteiger partial charge in [-0.15, -0.1) is 6.42 Å². The molecular formula is C47H78N8O11. The summed E-state index contributed by atoms with van der Waals surface area (Å²) in [6.07, 6.45) is 6.56. The summed E-state index contributed by atoms with van der Waals surface area (Å²) in [4.78, 5) is 89.9. The van der Waals surface area contributed by atoms with Gasteiger partial charge in [-0.25, -0.2) is 24.0 Å². The molecule has 8 N–H and O–H groups in total. The van der Waals surface area contributed by atoms with Crippen molar-refractivity contribution in [3.05, 3.63) is 29.8 Å². The van der Waals surface area contributed by atoms with Gasteiger partial charge >= 0.3 is 30.4 Å². The second-order valence-corrected chi connectivity index (χ2v) is 19.8. The molecule has 1 rings (SSSR count). The molecule has 0 aliphatic carbocycles. The number of nitrogens with one attached hydrogen (secondary N) is 8. The van der Waals surface area contributed by atoms with Crippen molar-refractivity contribution in [2.24, 2.45) is 0 Å². The molecule has 0 heterocycles. The molecule has 19 nitrogen and oxygen atoms in total. The predicted octanol–water partition coefficient (Wildman–Crippen LogP) is 6.74. The minimum absolute atomic E-state index is 0.00993. The minimum atomic E-state index is -1.02. The molecular weight excluding hydrogens is 853 g/mol. The fourth-order valence-corrected chi connectivity index (χ4v) is 5.81. The van der Waals surface area contributed by atoms with Crippen molar-refractivity contribution in [2.45, 2.75) is 181 Å². The van der Waals surface area contributed by atoms with Crippen LogP contribution in [0.5, 0.6) is 0 Å². The van der Waals surface area contributed by atoms with E-state index in [1.807, 2.05) is 0 Å². The molecule has 0 bridgehead atoms. The number of benzene rings is 1. The first-order valence-corrected chi connectivity index (χ1v) is 22.7. The lowest BCUT2D eigenvalue weighted by Gasteiger charge is -2.26. The summed E-state index contributed by atoms with van der Waals surface area (Å²) in [6, 6.07) is 3.62. The molecule has 0 unspecified atom stereocenters. The number of hydrogen-bond acceptors (Lipinski definition) is 11. The number of alkyl carbamates (subject to hydrolysis) is 4. The predicted molar refractivity (Wildman–Crippen MR) is 253 cm³/mol. The van der Waals surface area contributed by atoms with E-state index in [1.165, 1.54) is 0 Å². The van der Waals surface area contributed by atoms with Crippen molar-refractivity contribution < 1.29 is 52.5 Å². The van der Waals surface area contributed by atoms with Gasteiger partial charge in [-0.1, -0.05) is 5.92 Å². The van der Waals surface area contributed by atoms with Gasteiger partial charge in [0, 0.05) is 43.5 Å². The summed E-state index contributed by atoms with van der Waals surface area (Å²) < 4.78 is 21.4. The number of carbonyl (C=O) groups is 7. The number of terminal acetylenes is 1. The third-order valence-corrected chi connectivity index (χ3v) is 8.63. The number of anilines is 1. The Kier molecular flexibility index (Phi) is 24.8. The van der Waals surface area contributed by atoms with Crippen LogP contribution in [0.25, 0.3) is 0 Å². The summed E-state index contributed by atoms with van der Waals surface area (Å²) in [6.45, 7) is 21.7. The molecule has 0 spiro atoms. The number of carbonyl (C=O) groups excluding carboxylic acids is 7. The normalized spacial score (nSPS) is 13.0. The van der Waals surface area contributed by atoms with E-state index in [4.69, 9.17) is 25.4 Å². The van der Waals surface area contributed by atoms with Crippen molar-refractivity contribution in [3.63, 3.8) is 0 Å². The number of unbranched alkanes of at least 4 members (excludes halogenated alkanes) is 3. The summed E-state index contributed by atoms with van der Waals surface area (Å²) in [5, 5.41) is 22.1. The highest BCUT2D eigenvalue weighted by Crippen LogP contribution is 2.13. The van der Waals surface area contributed by atoms with Gasteiger partial charge in [0.25, 0.3) is 0 Å². The van der Waals surface area contributed by atoms with Crippen LogP contribution in [0.1, 0.15) is 146 Å². The summed E-state index contributed by atoms with van der Waals surface area (Å²) in [5.74, 6) is 1.59. The Hall–Kier alpha value is -5.93. The van der Waals surface area contributed by atoms with E-state index >= 15 is 0 Å². The Morgan fingerprint density at radius 1 is 0.500 bits per heavy atom. The first-order chi connectivity index (χ1) is 30.5. The molecule has 0 aromatic heterocycles. The van der Waals surface area contributed by atoms with Crippen LogP contribution < -0.4 is 42.5 Å². The Labute approximate surface area is 391 Å². The molecule has 19 heteroatoms. The first kappa shape index (κ1) is 58.1. The standard InChI is InChI=1S/C47H78N8O11/c1-14-32-24-26-33(27-25-32)53-39(58)51-31-34(52-38(57)36(55-43(62)66-47(11,12)13)23-17-20-30-50-41(60)64-45(5,6)7)21-15-18-28-48-37(56)35(54-42(61)65-46(8,9)10)22-16-19-29-49-40(59)63-44(2,3)4/h1,24-27,34-36H,15-23,28-31H2,2-13H3,(H,48,56)(H,49,59)(H,50,60)(H,52,57)(H,54,61)(H,55,62)(H2,51,53,58)/t34-,35-,36-/m0/s1. The third kappa shape index (κ3) is 30.3. The van der Waals surface area contributed by atoms with E-state index in [9.17, 15) is 33.6 Å². The zero-order chi connectivity index (χ0) is 50.1. The van der Waals surface area contributed by atoms with Crippen LogP contribution in [0, 0.1) is 12.3 Å². The van der Waals surface area contributed by atoms with Gasteiger partial charge in [0.15, 0.2) is 0 Å². The number of ether oxygens (including phenoxy) is 4. The van der Waals surface area contributed by atoms with Crippen molar-refractivity contribution in [1.82, 2.24) is 37.2 Å². The van der Waals surface area contributed by atoms with Crippen molar-refractivity contribution in [3.8, 4) is 12.3 Å². The second-order valence-electron chi connectivity index (χ2n) is 19.8. The maximum atomic E-state index is 13.9. The minimum Gasteiger partial charge on any atom is -0.444 e. The zero-order valence-corrected chi connectivity index (χ0v) is 41.3. The van der Waals surface area contributed by atoms with Gasteiger partial charge < -0.3 is 61.5 Å². The van der Waals surface area contributed by atoms with Gasteiger partial charge in [0.2, 0.25) is 11.8 Å². The van der Waals surface area contributed by atoms with E-state index in [-0.39, 0.29) is 32.5 Å². The highest BCUT2D eigenvalue weighted by Gasteiger charge is 2.27. The smallest absolute Gasteiger partial charge is 0.408 e. The number of urea groups is 1. The van der Waals surface area contributed by atoms with Gasteiger partial charge in [-0.05, 0) is 165 Å². The number of hydrogen-bond donors (Lipinski definition) is 8. The quantitative estimate of drug-likeness (QED) is 0.0324. The average Bonchev–Trinajstić information content (AvgIpc) is 3.15. The molecule has 3 atom stereocenters. The summed E-state index contributed by atoms with van der Waals surface area (Å²) in [5.41, 5.74) is -1.77. The lowest BCUT2D eigenvalue weighted by atomic mass is 10.1. The molecule has 1 aromatic rings. The molecule has 0 radical (unpaired) electrons. The van der Waals surface area contributed by atoms with Crippen LogP contribution in [-0.4, -0.2) is 109 Å². The van der Waals surface area contributed by atoms with Crippen LogP contribution >= 0.6 is 0 Å². The molecule has 0 saturated heterocycles. The summed E-state index contributed by atoms with van der Waals surface area (Å²) >= 11 is 0. The molecule has 0 aliphatic heterocycles. The molecule has 372 valence electrons. The molecule has 1 aromatic carbocycles. The van der Waals surface area contributed by atoms with E-state index in [0.717, 1.165) is 0 Å². The lowest BCUT2D eigenvalue weighted by Crippen LogP contribution is -2.53. The topological polar surface area (TPSA) is 253 Å². The SMILES string of the molecule is C#Cc1ccc(NC(=O)NC[C@H](CCCCNC(=O)[C@H](CCCCNC(=O)OC(C)(C)C)NC(=O)OC(C)(C)C)NC(=O)[C@H](CCCCNC(=O)OC(C)(C)C)NC(=O)OC(C)(C)C)cc1. The number of rotatable bonds is 23. The monoisotopic (exact) mass is 931 g/mol. The van der Waals surface area contributed by atoms with Crippen LogP contribution in [0.15, 0.2) is 24.3 Å². The fraction of sp³-hybridized carbons (Fsp3) is 0.681. The second kappa shape index (κ2) is 28.2. The zero-order valence-electron chi connectivity index (χ0n) is 41.3. The largest absolute Gasteiger partial charge is 0.444 e. The fourth-order valence-electron chi connectivity index (χ4n) is 5.81. The average molecular weight is 931 g/mol. The van der Waals surface area contributed by atoms with E-state index in [1.54, 1.807) is 107 Å². The Bertz CT molecular complexity index is 1750. The van der Waals surface area contributed by atoms with E-state index in [0.29, 0.717) is 62.7 Å².